The first-order chi connectivity index (χ1) is 8.94. The van der Waals surface area contributed by atoms with Crippen molar-refractivity contribution in [3.8, 4) is 5.75 Å². The summed E-state index contributed by atoms with van der Waals surface area (Å²) in [7, 11) is 1.61. The molecule has 4 heteroatoms. The van der Waals surface area contributed by atoms with E-state index in [-0.39, 0.29) is 0 Å². The first-order valence-electron chi connectivity index (χ1n) is 6.77. The van der Waals surface area contributed by atoms with E-state index in [0.717, 1.165) is 30.6 Å². The minimum absolute atomic E-state index is 0.583. The first-order valence-corrected chi connectivity index (χ1v) is 6.77. The molecule has 1 fully saturated rings. The molecule has 1 aliphatic rings. The highest BCUT2D eigenvalue weighted by Crippen LogP contribution is 2.36. The maximum absolute atomic E-state index is 10.2. The Hall–Kier alpha value is -1.26. The Labute approximate surface area is 114 Å². The number of aliphatic hydroxyl groups is 2. The molecule has 106 valence electrons. The number of rotatable bonds is 3. The van der Waals surface area contributed by atoms with Crippen molar-refractivity contribution in [1.29, 1.82) is 0 Å². The van der Waals surface area contributed by atoms with Gasteiger partial charge in [0.2, 0.25) is 0 Å². The summed E-state index contributed by atoms with van der Waals surface area (Å²) >= 11 is 0. The summed E-state index contributed by atoms with van der Waals surface area (Å²) in [5, 5.41) is 20.2. The second kappa shape index (κ2) is 5.39. The van der Waals surface area contributed by atoms with Crippen LogP contribution in [0.4, 0.5) is 5.69 Å². The van der Waals surface area contributed by atoms with Gasteiger partial charge < -0.3 is 19.8 Å². The lowest BCUT2D eigenvalue weighted by atomic mass is 9.93. The quantitative estimate of drug-likeness (QED) is 0.879. The van der Waals surface area contributed by atoms with Crippen molar-refractivity contribution < 1.29 is 14.9 Å². The number of methoxy groups -OCH3 is 1. The number of hydrogen-bond acceptors (Lipinski definition) is 4. The van der Waals surface area contributed by atoms with E-state index in [4.69, 9.17) is 4.74 Å². The minimum Gasteiger partial charge on any atom is -0.496 e. The number of piperidine rings is 1. The lowest BCUT2D eigenvalue weighted by Crippen LogP contribution is -2.46. The van der Waals surface area contributed by atoms with Gasteiger partial charge >= 0.3 is 0 Å². The molecule has 2 rings (SSSR count). The smallest absolute Gasteiger partial charge is 0.126 e. The Morgan fingerprint density at radius 2 is 2.16 bits per heavy atom. The zero-order valence-corrected chi connectivity index (χ0v) is 11.9. The van der Waals surface area contributed by atoms with Gasteiger partial charge in [-0.25, -0.2) is 0 Å². The molecule has 0 saturated carbocycles. The third-order valence-corrected chi connectivity index (χ3v) is 3.70. The van der Waals surface area contributed by atoms with Crippen LogP contribution in [0.5, 0.6) is 5.75 Å². The van der Waals surface area contributed by atoms with Gasteiger partial charge in [0, 0.05) is 24.3 Å². The van der Waals surface area contributed by atoms with E-state index in [0.29, 0.717) is 12.3 Å². The number of benzene rings is 1. The van der Waals surface area contributed by atoms with Crippen molar-refractivity contribution in [2.75, 3.05) is 25.1 Å². The zero-order chi connectivity index (χ0) is 14.0. The van der Waals surface area contributed by atoms with Crippen LogP contribution in [-0.2, 0) is 0 Å². The molecular weight excluding hydrogens is 242 g/mol. The molecule has 0 spiro atoms. The summed E-state index contributed by atoms with van der Waals surface area (Å²) in [5.41, 5.74) is 1.08. The summed E-state index contributed by atoms with van der Waals surface area (Å²) in [4.78, 5) is 2.13. The SMILES string of the molecule is COc1cccc(N2CCCC(C)(O)C2)c1[C@@H](C)O. The lowest BCUT2D eigenvalue weighted by Gasteiger charge is -2.39. The van der Waals surface area contributed by atoms with Crippen LogP contribution < -0.4 is 9.64 Å². The standard InChI is InChI=1S/C15H23NO3/c1-11(17)14-12(6-4-7-13(14)19-3)16-9-5-8-15(2,18)10-16/h4,6-7,11,17-18H,5,8-10H2,1-3H3/t11-,15?/m1/s1. The van der Waals surface area contributed by atoms with Crippen molar-refractivity contribution in [2.24, 2.45) is 0 Å². The van der Waals surface area contributed by atoms with Crippen molar-refractivity contribution >= 4 is 5.69 Å². The summed E-state index contributed by atoms with van der Waals surface area (Å²) in [6.45, 7) is 5.08. The molecule has 4 nitrogen and oxygen atoms in total. The highest BCUT2D eigenvalue weighted by atomic mass is 16.5. The number of ether oxygens (including phenoxy) is 1. The maximum Gasteiger partial charge on any atom is 0.126 e. The van der Waals surface area contributed by atoms with Gasteiger partial charge in [-0.2, -0.15) is 0 Å². The molecule has 0 radical (unpaired) electrons. The summed E-state index contributed by atoms with van der Waals surface area (Å²) in [6.07, 6.45) is 1.17. The van der Waals surface area contributed by atoms with Crippen molar-refractivity contribution in [3.63, 3.8) is 0 Å². The fourth-order valence-electron chi connectivity index (χ4n) is 2.83. The molecule has 1 aliphatic heterocycles. The molecule has 19 heavy (non-hydrogen) atoms. The van der Waals surface area contributed by atoms with Gasteiger partial charge in [-0.15, -0.1) is 0 Å². The molecule has 1 unspecified atom stereocenters. The Bertz CT molecular complexity index is 443. The van der Waals surface area contributed by atoms with Crippen LogP contribution in [0.1, 0.15) is 38.4 Å². The number of β-amino-alcohol motifs (C(OH)–C–C–N with tert-alkyl or cyclic N) is 1. The number of anilines is 1. The van der Waals surface area contributed by atoms with Gasteiger partial charge in [0.25, 0.3) is 0 Å². The highest BCUT2D eigenvalue weighted by molar-refractivity contribution is 5.60. The summed E-state index contributed by atoms with van der Waals surface area (Å²) in [6, 6.07) is 5.75. The molecule has 1 aromatic rings. The van der Waals surface area contributed by atoms with Crippen LogP contribution >= 0.6 is 0 Å². The Morgan fingerprint density at radius 3 is 2.74 bits per heavy atom. The fraction of sp³-hybridized carbons (Fsp3) is 0.600. The topological polar surface area (TPSA) is 52.9 Å². The molecule has 0 aromatic heterocycles. The van der Waals surface area contributed by atoms with E-state index >= 15 is 0 Å². The van der Waals surface area contributed by atoms with Gasteiger partial charge in [0.15, 0.2) is 0 Å². The second-order valence-electron chi connectivity index (χ2n) is 5.59. The monoisotopic (exact) mass is 265 g/mol. The van der Waals surface area contributed by atoms with E-state index in [1.165, 1.54) is 0 Å². The predicted octanol–water partition coefficient (Wildman–Crippen LogP) is 2.10. The molecule has 2 atom stereocenters. The van der Waals surface area contributed by atoms with Crippen LogP contribution in [0.2, 0.25) is 0 Å². The molecule has 1 saturated heterocycles. The largest absolute Gasteiger partial charge is 0.496 e. The van der Waals surface area contributed by atoms with Crippen LogP contribution in [0.15, 0.2) is 18.2 Å². The molecule has 2 N–H and O–H groups in total. The van der Waals surface area contributed by atoms with Crippen LogP contribution in [-0.4, -0.2) is 36.0 Å². The maximum atomic E-state index is 10.2. The molecule has 0 aliphatic carbocycles. The Morgan fingerprint density at radius 1 is 1.42 bits per heavy atom. The predicted molar refractivity (Wildman–Crippen MR) is 75.7 cm³/mol. The van der Waals surface area contributed by atoms with Gasteiger partial charge in [-0.1, -0.05) is 6.07 Å². The third kappa shape index (κ3) is 3.01. The van der Waals surface area contributed by atoms with E-state index in [9.17, 15) is 10.2 Å². The molecule has 0 amide bonds. The van der Waals surface area contributed by atoms with Gasteiger partial charge in [-0.05, 0) is 38.8 Å². The summed E-state index contributed by atoms with van der Waals surface area (Å²) < 4.78 is 5.34. The van der Waals surface area contributed by atoms with Gasteiger partial charge in [-0.3, -0.25) is 0 Å². The normalized spacial score (nSPS) is 25.2. The number of aliphatic hydroxyl groups excluding tert-OH is 1. The van der Waals surface area contributed by atoms with Crippen LogP contribution in [0.25, 0.3) is 0 Å². The van der Waals surface area contributed by atoms with Crippen molar-refractivity contribution in [3.05, 3.63) is 23.8 Å². The lowest BCUT2D eigenvalue weighted by molar-refractivity contribution is 0.0447. The fourth-order valence-corrected chi connectivity index (χ4v) is 2.83. The van der Waals surface area contributed by atoms with Gasteiger partial charge in [0.05, 0.1) is 18.8 Å². The number of hydrogen-bond donors (Lipinski definition) is 2. The molecule has 1 heterocycles. The number of nitrogens with zero attached hydrogens (tertiary/aromatic N) is 1. The van der Waals surface area contributed by atoms with E-state index in [2.05, 4.69) is 4.90 Å². The van der Waals surface area contributed by atoms with Crippen LogP contribution in [0, 0.1) is 0 Å². The Balaban J connectivity index is 2.38. The second-order valence-corrected chi connectivity index (χ2v) is 5.59. The van der Waals surface area contributed by atoms with Crippen molar-refractivity contribution in [2.45, 2.75) is 38.4 Å². The molecule has 0 bridgehead atoms. The van der Waals surface area contributed by atoms with Crippen LogP contribution in [0.3, 0.4) is 0 Å². The average molecular weight is 265 g/mol. The average Bonchev–Trinajstić information content (AvgIpc) is 2.36. The molecule has 1 aromatic carbocycles. The van der Waals surface area contributed by atoms with E-state index in [1.807, 2.05) is 25.1 Å². The third-order valence-electron chi connectivity index (χ3n) is 3.70. The molecular formula is C15H23NO3. The first kappa shape index (κ1) is 14.2. The van der Waals surface area contributed by atoms with E-state index < -0.39 is 11.7 Å². The zero-order valence-electron chi connectivity index (χ0n) is 11.9. The summed E-state index contributed by atoms with van der Waals surface area (Å²) in [5.74, 6) is 0.692. The highest BCUT2D eigenvalue weighted by Gasteiger charge is 2.30. The minimum atomic E-state index is -0.669. The van der Waals surface area contributed by atoms with Crippen molar-refractivity contribution in [1.82, 2.24) is 0 Å². The van der Waals surface area contributed by atoms with Gasteiger partial charge in [0.1, 0.15) is 5.75 Å². The Kier molecular flexibility index (Phi) is 4.02. The van der Waals surface area contributed by atoms with E-state index in [1.54, 1.807) is 14.0 Å².